The minimum Gasteiger partial charge on any atom is -0.320 e. The van der Waals surface area contributed by atoms with Gasteiger partial charge in [0, 0.05) is 22.1 Å². The number of nitrogens with two attached hydrogens (primary N) is 1. The number of hydrogen-bond acceptors (Lipinski definition) is 3. The second-order valence-electron chi connectivity index (χ2n) is 9.83. The quantitative estimate of drug-likeness (QED) is 0.287. The van der Waals surface area contributed by atoms with Crippen molar-refractivity contribution in [1.29, 1.82) is 0 Å². The van der Waals surface area contributed by atoms with E-state index < -0.39 is 5.54 Å². The molecule has 0 amide bonds. The Bertz CT molecular complexity index is 1390. The van der Waals surface area contributed by atoms with Crippen LogP contribution in [0.5, 0.6) is 0 Å². The van der Waals surface area contributed by atoms with Gasteiger partial charge in [0.2, 0.25) is 0 Å². The maximum Gasteiger partial charge on any atom is 0.0705 e. The van der Waals surface area contributed by atoms with Crippen molar-refractivity contribution in [1.82, 2.24) is 4.98 Å². The number of rotatable bonds is 6. The molecule has 5 rings (SSSR count). The summed E-state index contributed by atoms with van der Waals surface area (Å²) in [6, 6.07) is 30.0. The fraction of sp³-hybridized carbons (Fsp3) is 0.219. The lowest BCUT2D eigenvalue weighted by atomic mass is 9.82. The Morgan fingerprint density at radius 2 is 1.63 bits per heavy atom. The first kappa shape index (κ1) is 23.6. The maximum atomic E-state index is 7.38. The van der Waals surface area contributed by atoms with Crippen molar-refractivity contribution < 1.29 is 0 Å². The van der Waals surface area contributed by atoms with Crippen molar-refractivity contribution in [3.05, 3.63) is 114 Å². The average Bonchev–Trinajstić information content (AvgIpc) is 3.36. The summed E-state index contributed by atoms with van der Waals surface area (Å²) in [5, 5.41) is 0. The number of nitrogens with zero attached hydrogens (tertiary/aromatic N) is 1. The summed E-state index contributed by atoms with van der Waals surface area (Å²) in [6.07, 6.45) is 4.02. The summed E-state index contributed by atoms with van der Waals surface area (Å²) in [5.41, 5.74) is 15.7. The number of thioether (sulfide) groups is 1. The van der Waals surface area contributed by atoms with Gasteiger partial charge in [-0.1, -0.05) is 92.7 Å². The summed E-state index contributed by atoms with van der Waals surface area (Å²) >= 11 is 1.71. The fourth-order valence-corrected chi connectivity index (χ4v) is 6.09. The largest absolute Gasteiger partial charge is 0.320 e. The van der Waals surface area contributed by atoms with E-state index in [1.165, 1.54) is 22.3 Å². The third-order valence-corrected chi connectivity index (χ3v) is 8.80. The zero-order chi connectivity index (χ0) is 24.8. The predicted molar refractivity (Wildman–Crippen MR) is 150 cm³/mol. The molecule has 0 radical (unpaired) electrons. The van der Waals surface area contributed by atoms with E-state index in [1.807, 2.05) is 12.3 Å². The molecule has 3 unspecified atom stereocenters. The Morgan fingerprint density at radius 1 is 0.914 bits per heavy atom. The lowest BCUT2D eigenvalue weighted by Crippen LogP contribution is -2.31. The normalized spacial score (nSPS) is 23.2. The first-order valence-electron chi connectivity index (χ1n) is 12.1. The van der Waals surface area contributed by atoms with Crippen molar-refractivity contribution in [3.8, 4) is 22.4 Å². The smallest absolute Gasteiger partial charge is 0.0705 e. The number of pyridine rings is 1. The molecular weight excluding hydrogens is 444 g/mol. The second-order valence-corrected chi connectivity index (χ2v) is 10.7. The highest BCUT2D eigenvalue weighted by Gasteiger charge is 2.71. The van der Waals surface area contributed by atoms with Gasteiger partial charge in [-0.15, -0.1) is 11.8 Å². The number of hydrogen-bond donors (Lipinski definition) is 1. The zero-order valence-electron chi connectivity index (χ0n) is 20.9. The molecule has 0 aliphatic heterocycles. The standard InChI is InChI=1S/C32H32N2S/c1-21(2)27-19-24(23-11-7-6-8-12-23)15-17-29(27)32(33)22(3)31(32,4)28-14-10-9-13-26(28)30-18-16-25(35-5)20-34-30/h6-20,22H,1,33H2,2-5H3. The van der Waals surface area contributed by atoms with Crippen LogP contribution in [0.4, 0.5) is 0 Å². The summed E-state index contributed by atoms with van der Waals surface area (Å²) < 4.78 is 0. The Balaban J connectivity index is 1.62. The minimum absolute atomic E-state index is 0.234. The van der Waals surface area contributed by atoms with Crippen molar-refractivity contribution in [3.63, 3.8) is 0 Å². The molecule has 1 saturated carbocycles. The van der Waals surface area contributed by atoms with Gasteiger partial charge in [0.25, 0.3) is 0 Å². The molecule has 1 heterocycles. The molecule has 3 atom stereocenters. The molecule has 0 spiro atoms. The molecule has 2 nitrogen and oxygen atoms in total. The van der Waals surface area contributed by atoms with Crippen LogP contribution < -0.4 is 5.73 Å². The van der Waals surface area contributed by atoms with E-state index in [4.69, 9.17) is 10.7 Å². The Labute approximate surface area is 213 Å². The molecule has 3 aromatic carbocycles. The molecule has 4 aromatic rings. The van der Waals surface area contributed by atoms with Crippen LogP contribution in [-0.4, -0.2) is 11.2 Å². The van der Waals surface area contributed by atoms with Crippen LogP contribution in [0.15, 0.2) is 103 Å². The molecule has 1 aliphatic rings. The van der Waals surface area contributed by atoms with Crippen molar-refractivity contribution in [2.45, 2.75) is 36.6 Å². The van der Waals surface area contributed by atoms with Gasteiger partial charge in [-0.25, -0.2) is 0 Å². The van der Waals surface area contributed by atoms with E-state index in [-0.39, 0.29) is 11.3 Å². The maximum absolute atomic E-state index is 7.38. The average molecular weight is 477 g/mol. The fourth-order valence-electron chi connectivity index (χ4n) is 5.73. The summed E-state index contributed by atoms with van der Waals surface area (Å²) in [6.45, 7) is 11.0. The molecule has 1 fully saturated rings. The second kappa shape index (κ2) is 8.82. The third-order valence-electron chi connectivity index (χ3n) is 8.09. The van der Waals surface area contributed by atoms with Gasteiger partial charge < -0.3 is 5.73 Å². The molecule has 0 saturated heterocycles. The van der Waals surface area contributed by atoms with E-state index in [9.17, 15) is 0 Å². The number of aromatic nitrogens is 1. The lowest BCUT2D eigenvalue weighted by molar-refractivity contribution is 0.592. The van der Waals surface area contributed by atoms with E-state index in [0.717, 1.165) is 27.3 Å². The van der Waals surface area contributed by atoms with Crippen LogP contribution in [0.1, 0.15) is 37.5 Å². The SMILES string of the molecule is C=C(C)c1cc(-c2ccccc2)ccc1C1(N)C(C)C1(C)c1ccccc1-c1ccc(SC)cn1. The molecule has 3 heteroatoms. The lowest BCUT2D eigenvalue weighted by Gasteiger charge is -2.25. The van der Waals surface area contributed by atoms with Crippen LogP contribution >= 0.6 is 11.8 Å². The van der Waals surface area contributed by atoms with Gasteiger partial charge in [-0.05, 0) is 65.1 Å². The Kier molecular flexibility index (Phi) is 5.94. The Morgan fingerprint density at radius 3 is 2.29 bits per heavy atom. The van der Waals surface area contributed by atoms with Gasteiger partial charge in [0.15, 0.2) is 0 Å². The molecule has 176 valence electrons. The van der Waals surface area contributed by atoms with Crippen molar-refractivity contribution in [2.75, 3.05) is 6.26 Å². The van der Waals surface area contributed by atoms with Gasteiger partial charge in [0.05, 0.1) is 11.2 Å². The highest BCUT2D eigenvalue weighted by Crippen LogP contribution is 2.68. The highest BCUT2D eigenvalue weighted by atomic mass is 32.2. The van der Waals surface area contributed by atoms with E-state index in [1.54, 1.807) is 11.8 Å². The molecule has 35 heavy (non-hydrogen) atoms. The van der Waals surface area contributed by atoms with Gasteiger partial charge in [-0.2, -0.15) is 0 Å². The van der Waals surface area contributed by atoms with Crippen LogP contribution in [0, 0.1) is 5.92 Å². The van der Waals surface area contributed by atoms with E-state index in [0.29, 0.717) is 0 Å². The molecule has 1 aliphatic carbocycles. The topological polar surface area (TPSA) is 38.9 Å². The van der Waals surface area contributed by atoms with Gasteiger partial charge in [0.1, 0.15) is 0 Å². The molecule has 1 aromatic heterocycles. The predicted octanol–water partition coefficient (Wildman–Crippen LogP) is 7.93. The zero-order valence-corrected chi connectivity index (χ0v) is 21.7. The van der Waals surface area contributed by atoms with Crippen LogP contribution in [0.25, 0.3) is 28.0 Å². The summed E-state index contributed by atoms with van der Waals surface area (Å²) in [4.78, 5) is 5.94. The van der Waals surface area contributed by atoms with E-state index >= 15 is 0 Å². The number of allylic oxidation sites excluding steroid dienone is 1. The van der Waals surface area contributed by atoms with Crippen LogP contribution in [0.3, 0.4) is 0 Å². The first-order valence-corrected chi connectivity index (χ1v) is 13.3. The molecule has 2 N–H and O–H groups in total. The van der Waals surface area contributed by atoms with Crippen molar-refractivity contribution in [2.24, 2.45) is 11.7 Å². The molecule has 0 bridgehead atoms. The minimum atomic E-state index is -0.508. The molecular formula is C32H32N2S. The monoisotopic (exact) mass is 476 g/mol. The number of benzene rings is 3. The summed E-state index contributed by atoms with van der Waals surface area (Å²) in [7, 11) is 0. The summed E-state index contributed by atoms with van der Waals surface area (Å²) in [5.74, 6) is 0.252. The third kappa shape index (κ3) is 3.65. The Hall–Kier alpha value is -3.14. The van der Waals surface area contributed by atoms with Gasteiger partial charge >= 0.3 is 0 Å². The van der Waals surface area contributed by atoms with Crippen LogP contribution in [0.2, 0.25) is 0 Å². The highest BCUT2D eigenvalue weighted by molar-refractivity contribution is 7.98. The van der Waals surface area contributed by atoms with Crippen molar-refractivity contribution >= 4 is 17.3 Å². The first-order chi connectivity index (χ1) is 16.8. The van der Waals surface area contributed by atoms with Crippen LogP contribution in [-0.2, 0) is 11.0 Å². The van der Waals surface area contributed by atoms with Gasteiger partial charge in [-0.3, -0.25) is 4.98 Å². The van der Waals surface area contributed by atoms with E-state index in [2.05, 4.69) is 112 Å².